The molecule has 2 aromatic rings. The van der Waals surface area contributed by atoms with E-state index in [1.165, 1.54) is 4.90 Å². The van der Waals surface area contributed by atoms with Crippen LogP contribution in [0.5, 0.6) is 0 Å². The summed E-state index contributed by atoms with van der Waals surface area (Å²) < 4.78 is 26.4. The van der Waals surface area contributed by atoms with Gasteiger partial charge in [-0.2, -0.15) is 0 Å². The van der Waals surface area contributed by atoms with E-state index in [-0.39, 0.29) is 24.2 Å². The second-order valence-electron chi connectivity index (χ2n) is 8.50. The fourth-order valence-electron chi connectivity index (χ4n) is 3.59. The molecule has 1 atom stereocenters. The van der Waals surface area contributed by atoms with E-state index in [0.717, 1.165) is 10.6 Å². The van der Waals surface area contributed by atoms with Crippen LogP contribution in [0.4, 0.5) is 5.69 Å². The summed E-state index contributed by atoms with van der Waals surface area (Å²) in [5.41, 5.74) is 1.38. The molecule has 0 spiro atoms. The second kappa shape index (κ2) is 12.3. The second-order valence-corrected chi connectivity index (χ2v) is 11.7. The van der Waals surface area contributed by atoms with Crippen molar-refractivity contribution in [2.45, 2.75) is 52.7 Å². The first-order chi connectivity index (χ1) is 16.3. The molecule has 0 fully saturated rings. The van der Waals surface area contributed by atoms with Gasteiger partial charge in [0.1, 0.15) is 12.6 Å². The molecule has 0 saturated heterocycles. The maximum Gasteiger partial charge on any atom is 0.244 e. The van der Waals surface area contributed by atoms with Crippen LogP contribution in [-0.2, 0) is 26.2 Å². The lowest BCUT2D eigenvalue weighted by Crippen LogP contribution is -2.53. The third kappa shape index (κ3) is 7.74. The van der Waals surface area contributed by atoms with Crippen molar-refractivity contribution in [2.24, 2.45) is 0 Å². The Kier molecular flexibility index (Phi) is 10.3. The number of nitrogens with zero attached hydrogens (tertiary/aromatic N) is 2. The number of rotatable bonds is 10. The Labute approximate surface area is 222 Å². The molecule has 0 saturated carbocycles. The summed E-state index contributed by atoms with van der Waals surface area (Å²) in [4.78, 5) is 28.0. The molecule has 11 heteroatoms. The van der Waals surface area contributed by atoms with Crippen LogP contribution in [0, 0.1) is 6.92 Å². The molecular weight excluding hydrogens is 533 g/mol. The third-order valence-electron chi connectivity index (χ3n) is 5.36. The lowest BCUT2D eigenvalue weighted by atomic mass is 10.1. The van der Waals surface area contributed by atoms with E-state index in [9.17, 15) is 18.0 Å². The van der Waals surface area contributed by atoms with E-state index >= 15 is 0 Å². The molecule has 192 valence electrons. The molecule has 1 N–H and O–H groups in total. The highest BCUT2D eigenvalue weighted by atomic mass is 35.5. The predicted octanol–water partition coefficient (Wildman–Crippen LogP) is 5.05. The fourth-order valence-corrected chi connectivity index (χ4v) is 5.13. The van der Waals surface area contributed by atoms with Gasteiger partial charge in [-0.3, -0.25) is 13.9 Å². The highest BCUT2D eigenvalue weighted by Crippen LogP contribution is 2.29. The number of benzene rings is 2. The molecule has 0 aliphatic heterocycles. The summed E-state index contributed by atoms with van der Waals surface area (Å²) in [6, 6.07) is 8.71. The van der Waals surface area contributed by atoms with Gasteiger partial charge >= 0.3 is 0 Å². The molecule has 7 nitrogen and oxygen atoms in total. The van der Waals surface area contributed by atoms with Gasteiger partial charge in [0, 0.05) is 27.7 Å². The monoisotopic (exact) mass is 561 g/mol. The Balaban J connectivity index is 2.52. The number of carbonyl (C=O) groups excluding carboxylic acids is 2. The van der Waals surface area contributed by atoms with Gasteiger partial charge in [0.25, 0.3) is 0 Å². The highest BCUT2D eigenvalue weighted by Gasteiger charge is 2.32. The van der Waals surface area contributed by atoms with Gasteiger partial charge < -0.3 is 10.2 Å². The number of nitrogens with one attached hydrogen (secondary N) is 1. The van der Waals surface area contributed by atoms with Crippen LogP contribution in [0.1, 0.15) is 38.3 Å². The van der Waals surface area contributed by atoms with E-state index < -0.39 is 28.5 Å². The Morgan fingerprint density at radius 3 is 2.26 bits per heavy atom. The van der Waals surface area contributed by atoms with Crippen molar-refractivity contribution in [3.63, 3.8) is 0 Å². The average Bonchev–Trinajstić information content (AvgIpc) is 2.74. The minimum atomic E-state index is -3.86. The van der Waals surface area contributed by atoms with Gasteiger partial charge in [-0.25, -0.2) is 8.42 Å². The Hall–Kier alpha value is -2.00. The predicted molar refractivity (Wildman–Crippen MR) is 143 cm³/mol. The van der Waals surface area contributed by atoms with Crippen molar-refractivity contribution < 1.29 is 18.0 Å². The van der Waals surface area contributed by atoms with Gasteiger partial charge in [-0.15, -0.1) is 0 Å². The number of sulfonamides is 1. The normalized spacial score (nSPS) is 12.4. The first-order valence-corrected chi connectivity index (χ1v) is 14.0. The molecule has 0 unspecified atom stereocenters. The molecule has 2 amide bonds. The Morgan fingerprint density at radius 2 is 1.71 bits per heavy atom. The Bertz CT molecular complexity index is 1190. The van der Waals surface area contributed by atoms with Crippen molar-refractivity contribution in [2.75, 3.05) is 17.1 Å². The largest absolute Gasteiger partial charge is 0.352 e. The average molecular weight is 563 g/mol. The van der Waals surface area contributed by atoms with Crippen LogP contribution < -0.4 is 9.62 Å². The number of amides is 2. The Morgan fingerprint density at radius 1 is 1.06 bits per heavy atom. The fraction of sp³-hybridized carbons (Fsp3) is 0.417. The van der Waals surface area contributed by atoms with Crippen LogP contribution in [0.15, 0.2) is 36.4 Å². The van der Waals surface area contributed by atoms with Crippen LogP contribution in [0.2, 0.25) is 15.1 Å². The minimum absolute atomic E-state index is 0.00894. The van der Waals surface area contributed by atoms with Crippen LogP contribution in [-0.4, -0.2) is 50.0 Å². The molecule has 0 aliphatic carbocycles. The number of carbonyl (C=O) groups is 2. The molecule has 2 rings (SSSR count). The van der Waals surface area contributed by atoms with Crippen molar-refractivity contribution in [3.05, 3.63) is 62.6 Å². The number of anilines is 1. The smallest absolute Gasteiger partial charge is 0.244 e. The zero-order chi connectivity index (χ0) is 26.5. The topological polar surface area (TPSA) is 86.8 Å². The number of hydrogen-bond donors (Lipinski definition) is 1. The van der Waals surface area contributed by atoms with Crippen molar-refractivity contribution in [1.29, 1.82) is 0 Å². The zero-order valence-electron chi connectivity index (χ0n) is 20.3. The standard InChI is InChI=1S/C24H30Cl3N3O4S/c1-6-21(24(32)28-15(2)3)29(13-17-10-11-18(25)12-20(17)27)23(31)14-30(35(5,33)34)22-9-7-8-19(26)16(22)4/h7-12,15,21H,6,13-14H2,1-5H3,(H,28,32)/t21-/m1/s1. The lowest BCUT2D eigenvalue weighted by molar-refractivity contribution is -0.140. The van der Waals surface area contributed by atoms with Crippen LogP contribution in [0.25, 0.3) is 0 Å². The highest BCUT2D eigenvalue weighted by molar-refractivity contribution is 7.92. The van der Waals surface area contributed by atoms with E-state index in [4.69, 9.17) is 34.8 Å². The molecule has 0 aliphatic rings. The number of halogens is 3. The molecule has 0 bridgehead atoms. The van der Waals surface area contributed by atoms with Crippen molar-refractivity contribution >= 4 is 62.3 Å². The molecule has 2 aromatic carbocycles. The third-order valence-corrected chi connectivity index (χ3v) is 7.48. The maximum absolute atomic E-state index is 13.7. The van der Waals surface area contributed by atoms with Gasteiger partial charge in [-0.05, 0) is 62.6 Å². The molecule has 0 heterocycles. The minimum Gasteiger partial charge on any atom is -0.352 e. The van der Waals surface area contributed by atoms with E-state index in [1.807, 2.05) is 13.8 Å². The molecule has 0 aromatic heterocycles. The van der Waals surface area contributed by atoms with Crippen molar-refractivity contribution in [1.82, 2.24) is 10.2 Å². The SMILES string of the molecule is CC[C@H](C(=O)NC(C)C)N(Cc1ccc(Cl)cc1Cl)C(=O)CN(c1cccc(Cl)c1C)S(C)(=O)=O. The quantitative estimate of drug-likeness (QED) is 0.439. The molecule has 35 heavy (non-hydrogen) atoms. The maximum atomic E-state index is 13.7. The number of hydrogen-bond acceptors (Lipinski definition) is 4. The van der Waals surface area contributed by atoms with Gasteiger partial charge in [0.15, 0.2) is 0 Å². The zero-order valence-corrected chi connectivity index (χ0v) is 23.4. The molecular formula is C24H30Cl3N3O4S. The van der Waals surface area contributed by atoms with E-state index in [1.54, 1.807) is 50.2 Å². The molecule has 0 radical (unpaired) electrons. The van der Waals surface area contributed by atoms with E-state index in [0.29, 0.717) is 32.6 Å². The summed E-state index contributed by atoms with van der Waals surface area (Å²) in [5.74, 6) is -0.905. The summed E-state index contributed by atoms with van der Waals surface area (Å²) in [6.45, 7) is 6.57. The van der Waals surface area contributed by atoms with Gasteiger partial charge in [0.05, 0.1) is 11.9 Å². The first-order valence-electron chi connectivity index (χ1n) is 11.0. The summed E-state index contributed by atoms with van der Waals surface area (Å²) in [6.07, 6.45) is 1.33. The van der Waals surface area contributed by atoms with Gasteiger partial charge in [-0.1, -0.05) is 53.9 Å². The van der Waals surface area contributed by atoms with E-state index in [2.05, 4.69) is 5.32 Å². The first kappa shape index (κ1) is 29.2. The van der Waals surface area contributed by atoms with Crippen molar-refractivity contribution in [3.8, 4) is 0 Å². The van der Waals surface area contributed by atoms with Gasteiger partial charge in [0.2, 0.25) is 21.8 Å². The summed E-state index contributed by atoms with van der Waals surface area (Å²) in [7, 11) is -3.86. The summed E-state index contributed by atoms with van der Waals surface area (Å²) in [5, 5.41) is 3.97. The summed E-state index contributed by atoms with van der Waals surface area (Å²) >= 11 is 18.6. The van der Waals surface area contributed by atoms with Crippen LogP contribution in [0.3, 0.4) is 0 Å². The van der Waals surface area contributed by atoms with Crippen LogP contribution >= 0.6 is 34.8 Å². The lowest BCUT2D eigenvalue weighted by Gasteiger charge is -2.33.